The van der Waals surface area contributed by atoms with Gasteiger partial charge >= 0.3 is 12.1 Å². The number of carbonyl (C=O) groups excluding carboxylic acids is 13. The molecule has 1 saturated carbocycles. The van der Waals surface area contributed by atoms with E-state index in [0.29, 0.717) is 162 Å². The monoisotopic (exact) mass is 1720 g/mol. The van der Waals surface area contributed by atoms with Crippen LogP contribution in [0.4, 0.5) is 38.3 Å². The number of ether oxygens (including phenoxy) is 8. The smallest absolute Gasteiger partial charge is 0.407 e. The van der Waals surface area contributed by atoms with Crippen molar-refractivity contribution >= 4 is 106 Å². The zero-order chi connectivity index (χ0) is 88.4. The van der Waals surface area contributed by atoms with Crippen molar-refractivity contribution in [2.24, 2.45) is 17.6 Å². The number of Topliss-reactive ketones (excluding diaryl/α,β-unsaturated/α-hetero) is 2. The molecule has 6 aliphatic rings. The van der Waals surface area contributed by atoms with Gasteiger partial charge in [0.25, 0.3) is 11.8 Å². The van der Waals surface area contributed by atoms with Crippen molar-refractivity contribution in [3.63, 3.8) is 0 Å². The van der Waals surface area contributed by atoms with Crippen LogP contribution in [0.5, 0.6) is 5.75 Å². The highest BCUT2D eigenvalue weighted by atomic mass is 16.6. The first-order chi connectivity index (χ1) is 59.9. The van der Waals surface area contributed by atoms with Crippen molar-refractivity contribution in [3.8, 4) is 17.6 Å². The average molecular weight is 1720 g/mol. The van der Waals surface area contributed by atoms with Gasteiger partial charge in [-0.2, -0.15) is 0 Å². The summed E-state index contributed by atoms with van der Waals surface area (Å²) in [5, 5.41) is 20.1. The quantitative estimate of drug-likeness (QED) is 0.0133. The molecule has 124 heavy (non-hydrogen) atoms. The molecule has 3 saturated heterocycles. The van der Waals surface area contributed by atoms with Crippen LogP contribution in [0.3, 0.4) is 0 Å². The molecule has 0 radical (unpaired) electrons. The maximum Gasteiger partial charge on any atom is 0.407 e. The number of benzene rings is 3. The van der Waals surface area contributed by atoms with Crippen LogP contribution < -0.4 is 57.5 Å². The molecule has 9 N–H and O–H groups in total. The molecule has 3 aromatic carbocycles. The van der Waals surface area contributed by atoms with E-state index in [2.05, 4.69) is 58.9 Å². The van der Waals surface area contributed by atoms with Gasteiger partial charge in [0.15, 0.2) is 11.6 Å². The number of piperidine rings is 2. The molecule has 1 aromatic heterocycles. The first-order valence-corrected chi connectivity index (χ1v) is 43.3. The maximum atomic E-state index is 14.1. The van der Waals surface area contributed by atoms with E-state index in [1.165, 1.54) is 4.90 Å². The van der Waals surface area contributed by atoms with Crippen LogP contribution in [0.15, 0.2) is 72.8 Å². The third kappa shape index (κ3) is 28.5. The van der Waals surface area contributed by atoms with Crippen molar-refractivity contribution < 1.29 is 100 Å². The Morgan fingerprint density at radius 3 is 2.09 bits per heavy atom. The number of hydrogen-bond donors (Lipinski definition) is 8. The van der Waals surface area contributed by atoms with Crippen molar-refractivity contribution in [2.75, 3.05) is 147 Å². The summed E-state index contributed by atoms with van der Waals surface area (Å²) in [6, 6.07) is 17.6. The number of nitrogens with two attached hydrogens (primary N) is 1. The predicted octanol–water partition coefficient (Wildman–Crippen LogP) is 6.51. The number of imide groups is 2. The summed E-state index contributed by atoms with van der Waals surface area (Å²) in [6.07, 6.45) is 7.91. The highest BCUT2D eigenvalue weighted by Crippen LogP contribution is 2.42. The third-order valence-corrected chi connectivity index (χ3v) is 22.8. The Morgan fingerprint density at radius 2 is 1.42 bits per heavy atom. The Hall–Kier alpha value is -11.0. The number of hydrogen-bond acceptors (Lipinski definition) is 25. The molecule has 12 amide bonds. The van der Waals surface area contributed by atoms with Crippen molar-refractivity contribution in [1.82, 2.24) is 46.3 Å². The molecule has 35 heteroatoms. The zero-order valence-corrected chi connectivity index (χ0v) is 71.8. The number of methoxy groups -OCH3 is 1. The second-order valence-electron chi connectivity index (χ2n) is 32.0. The lowest BCUT2D eigenvalue weighted by molar-refractivity contribution is -0.139. The highest BCUT2D eigenvalue weighted by molar-refractivity contribution is 6.07. The first-order valence-electron chi connectivity index (χ1n) is 43.3. The molecule has 5 atom stereocenters. The fourth-order valence-corrected chi connectivity index (χ4v) is 16.0. The SMILES string of the molecule is CC[C@@H]1C(=O)N(C)c2ccc(Nc3ccc(C(=O)NC4CCN(CCC(COCC#Cc5cccc6c5CN(C5CCC(=O)NC5=O)C6=O)NC(=O)OCc5ccc(NC(=O)[C@H](CCCNC(N)=O)CC(=O)[C@@H](NC(=O)CCOCCOCCOCCOCCOCCCC(=O)CCN6C(=O)CCC6=O)C(C)C)cc5)CC4)cc3OC)nc2N1C1CCCC1. The molecule has 4 aromatic rings. The molecule has 35 nitrogen and oxygen atoms in total. The van der Waals surface area contributed by atoms with E-state index in [1.807, 2.05) is 19.1 Å². The molecular weight excluding hydrogens is 1600 g/mol. The Morgan fingerprint density at radius 1 is 0.726 bits per heavy atom. The number of nitrogens with zero attached hydrogens (tertiary/aromatic N) is 6. The Balaban J connectivity index is 0.656. The second-order valence-corrected chi connectivity index (χ2v) is 32.0. The highest BCUT2D eigenvalue weighted by Gasteiger charge is 2.43. The number of primary amides is 1. The largest absolute Gasteiger partial charge is 0.495 e. The van der Waals surface area contributed by atoms with Gasteiger partial charge in [-0.3, -0.25) is 63.0 Å². The maximum absolute atomic E-state index is 14.1. The minimum Gasteiger partial charge on any atom is -0.495 e. The number of urea groups is 1. The van der Waals surface area contributed by atoms with Gasteiger partial charge in [-0.1, -0.05) is 63.7 Å². The van der Waals surface area contributed by atoms with E-state index in [0.717, 1.165) is 42.1 Å². The lowest BCUT2D eigenvalue weighted by Crippen LogP contribution is -2.55. The lowest BCUT2D eigenvalue weighted by atomic mass is 9.89. The van der Waals surface area contributed by atoms with Gasteiger partial charge in [0.2, 0.25) is 41.4 Å². The van der Waals surface area contributed by atoms with Crippen LogP contribution in [0.2, 0.25) is 0 Å². The fraction of sp³-hybridized carbons (Fsp3) is 0.573. The number of nitrogens with one attached hydrogen (secondary N) is 7. The number of likely N-dealkylation sites (N-methyl/N-ethyl adjacent to an activating group) is 1. The van der Waals surface area contributed by atoms with Crippen molar-refractivity contribution in [2.45, 2.75) is 192 Å². The molecule has 6 heterocycles. The number of ketones is 2. The van der Waals surface area contributed by atoms with E-state index in [-0.39, 0.29) is 182 Å². The van der Waals surface area contributed by atoms with Gasteiger partial charge in [0.1, 0.15) is 42.6 Å². The van der Waals surface area contributed by atoms with Gasteiger partial charge in [-0.15, -0.1) is 0 Å². The predicted molar refractivity (Wildman–Crippen MR) is 457 cm³/mol. The topological polar surface area (TPSA) is 435 Å². The third-order valence-electron chi connectivity index (χ3n) is 22.8. The fourth-order valence-electron chi connectivity index (χ4n) is 16.0. The molecule has 4 fully saturated rings. The summed E-state index contributed by atoms with van der Waals surface area (Å²) in [4.78, 5) is 182. The zero-order valence-electron chi connectivity index (χ0n) is 71.8. The molecule has 10 rings (SSSR count). The molecule has 0 spiro atoms. The molecule has 1 aliphatic carbocycles. The van der Waals surface area contributed by atoms with Crippen LogP contribution in [0, 0.1) is 23.7 Å². The lowest BCUT2D eigenvalue weighted by Gasteiger charge is -2.43. The van der Waals surface area contributed by atoms with Gasteiger partial charge < -0.3 is 95.1 Å². The number of pyridine rings is 1. The van der Waals surface area contributed by atoms with Gasteiger partial charge in [-0.25, -0.2) is 14.6 Å². The molecule has 672 valence electrons. The number of anilines is 5. The van der Waals surface area contributed by atoms with Crippen LogP contribution in [-0.2, 0) is 89.5 Å². The normalized spacial score (nSPS) is 17.5. The Bertz CT molecular complexity index is 4410. The van der Waals surface area contributed by atoms with E-state index in [1.54, 1.807) is 93.6 Å². The van der Waals surface area contributed by atoms with Crippen LogP contribution >= 0.6 is 0 Å². The van der Waals surface area contributed by atoms with Gasteiger partial charge in [0.05, 0.1) is 96.6 Å². The minimum absolute atomic E-state index is 0.0234. The van der Waals surface area contributed by atoms with E-state index in [9.17, 15) is 62.3 Å². The number of carbonyl (C=O) groups is 13. The summed E-state index contributed by atoms with van der Waals surface area (Å²) >= 11 is 0. The summed E-state index contributed by atoms with van der Waals surface area (Å²) in [7, 11) is 3.35. The number of amides is 12. The Labute approximate surface area is 723 Å². The number of rotatable bonds is 50. The summed E-state index contributed by atoms with van der Waals surface area (Å²) in [6.45, 7) is 10.7. The van der Waals surface area contributed by atoms with E-state index >= 15 is 0 Å². The number of fused-ring (bicyclic) bond motifs is 2. The van der Waals surface area contributed by atoms with Crippen molar-refractivity contribution in [1.29, 1.82) is 0 Å². The Kier molecular flexibility index (Phi) is 37.6. The standard InChI is InChI=1S/C89H120N14O21/c1-6-71-87(114)99(4)72-26-28-76(96-82(72)103(71)66-16-7-8-17-66)95-70-25-22-62(54-75(70)117-5)84(111)93-64-32-38-100(39-33-64)40-34-65(57-123-43-11-15-60-13-9-19-68-69(60)55-102(86(68)113)73-27-29-77(106)98-85(73)112)94-89(116)124-56-59-20-23-63(24-21-59)92-83(110)61(14-10-37-91-88(90)115)53-74(105)81(58(2)3)97-78(107)36-44-119-46-48-121-50-52-122-51-49-120-47-45-118-42-12-18-67(104)35-41-101-79(108)30-31-80(101)109/h9,13,19-26,28,54,58,61,64-66,71,73,81H,6-8,10,12,14,16-18,27,29-53,55-57H2,1-5H3,(H,92,110)(H,93,111)(H,94,116)(H,95,96)(H,97,107)(H3,90,91,115)(H,98,106,112)/t61-,65?,71-,73?,81+/m1/s1. The summed E-state index contributed by atoms with van der Waals surface area (Å²) < 4.78 is 45.5. The first kappa shape index (κ1) is 95.2. The van der Waals surface area contributed by atoms with E-state index < -0.39 is 53.9 Å². The van der Waals surface area contributed by atoms with Gasteiger partial charge in [0, 0.05) is 138 Å². The summed E-state index contributed by atoms with van der Waals surface area (Å²) in [5.41, 5.74) is 9.78. The van der Waals surface area contributed by atoms with E-state index in [4.69, 9.17) is 48.6 Å². The molecular formula is C89H120N14O21. The van der Waals surface area contributed by atoms with Crippen molar-refractivity contribution in [3.05, 3.63) is 101 Å². The summed E-state index contributed by atoms with van der Waals surface area (Å²) in [5.74, 6) is 3.63. The number of aromatic nitrogens is 1. The number of likely N-dealkylation sites (tertiary alicyclic amines) is 2. The van der Waals surface area contributed by atoms with Crippen LogP contribution in [-0.4, -0.2) is 259 Å². The molecule has 0 bridgehead atoms. The van der Waals surface area contributed by atoms with Gasteiger partial charge in [-0.05, 0) is 136 Å². The molecule has 2 unspecified atom stereocenters. The van der Waals surface area contributed by atoms with Crippen LogP contribution in [0.1, 0.15) is 180 Å². The minimum atomic E-state index is -0.922. The number of alkyl carbamates (subject to hydrolysis) is 1. The molecule has 5 aliphatic heterocycles. The second kappa shape index (κ2) is 48.9. The average Bonchev–Trinajstić information content (AvgIpc) is 1.11. The van der Waals surface area contributed by atoms with Crippen LogP contribution in [0.25, 0.3) is 0 Å².